The molecule has 7 nitrogen and oxygen atoms in total. The summed E-state index contributed by atoms with van der Waals surface area (Å²) in [5.74, 6) is 0.403. The number of hydrogen-bond acceptors (Lipinski definition) is 5. The highest BCUT2D eigenvalue weighted by atomic mass is 16.2. The van der Waals surface area contributed by atoms with Crippen molar-refractivity contribution in [3.05, 3.63) is 77.0 Å². The van der Waals surface area contributed by atoms with Crippen molar-refractivity contribution >= 4 is 17.4 Å². The van der Waals surface area contributed by atoms with Crippen LogP contribution in [0.1, 0.15) is 28.8 Å². The summed E-state index contributed by atoms with van der Waals surface area (Å²) in [6.45, 7) is 7.43. The first kappa shape index (κ1) is 23.1. The van der Waals surface area contributed by atoms with Gasteiger partial charge in [0.1, 0.15) is 11.9 Å². The predicted molar refractivity (Wildman–Crippen MR) is 133 cm³/mol. The molecule has 3 aromatic rings. The van der Waals surface area contributed by atoms with Crippen molar-refractivity contribution in [2.24, 2.45) is 0 Å². The third-order valence-electron chi connectivity index (χ3n) is 6.41. The van der Waals surface area contributed by atoms with Crippen LogP contribution in [-0.4, -0.2) is 48.1 Å². The highest BCUT2D eigenvalue weighted by Gasteiger charge is 2.22. The lowest BCUT2D eigenvalue weighted by Gasteiger charge is -2.23. The van der Waals surface area contributed by atoms with Crippen LogP contribution in [-0.2, 0) is 4.79 Å². The van der Waals surface area contributed by atoms with Crippen LogP contribution >= 0.6 is 0 Å². The molecule has 0 aliphatic carbocycles. The van der Waals surface area contributed by atoms with Crippen LogP contribution < -0.4 is 10.2 Å². The van der Waals surface area contributed by atoms with Crippen molar-refractivity contribution in [1.82, 2.24) is 9.47 Å². The zero-order valence-electron chi connectivity index (χ0n) is 19.6. The van der Waals surface area contributed by atoms with Crippen molar-refractivity contribution in [3.8, 4) is 17.8 Å². The molecule has 1 aliphatic heterocycles. The quantitative estimate of drug-likeness (QED) is 0.632. The average molecular weight is 453 g/mol. The molecule has 0 radical (unpaired) electrons. The van der Waals surface area contributed by atoms with Crippen LogP contribution in [0.4, 0.5) is 11.5 Å². The lowest BCUT2D eigenvalue weighted by atomic mass is 10.2. The van der Waals surface area contributed by atoms with Crippen molar-refractivity contribution in [1.29, 1.82) is 10.5 Å². The second-order valence-corrected chi connectivity index (χ2v) is 8.54. The van der Waals surface area contributed by atoms with E-state index >= 15 is 0 Å². The molecule has 0 saturated carbocycles. The summed E-state index contributed by atoms with van der Waals surface area (Å²) in [6, 6.07) is 21.8. The SMILES string of the molecule is Cc1c(C#N)c(NC(=O)CN2CCCN(c3ccc(C#N)cc3)CC2)n(-c2ccccc2)c1C. The largest absolute Gasteiger partial charge is 0.370 e. The number of hydrogen-bond donors (Lipinski definition) is 1. The molecule has 2 aromatic carbocycles. The smallest absolute Gasteiger partial charge is 0.239 e. The van der Waals surface area contributed by atoms with Gasteiger partial charge in [0.2, 0.25) is 5.91 Å². The molecule has 0 bridgehead atoms. The fourth-order valence-electron chi connectivity index (χ4n) is 4.47. The fraction of sp³-hybridized carbons (Fsp3) is 0.296. The Morgan fingerprint density at radius 3 is 2.32 bits per heavy atom. The van der Waals surface area contributed by atoms with Gasteiger partial charge in [-0.25, -0.2) is 0 Å². The van der Waals surface area contributed by atoms with Crippen LogP contribution in [0.25, 0.3) is 5.69 Å². The summed E-state index contributed by atoms with van der Waals surface area (Å²) >= 11 is 0. The van der Waals surface area contributed by atoms with E-state index in [4.69, 9.17) is 5.26 Å². The molecule has 0 unspecified atom stereocenters. The maximum Gasteiger partial charge on any atom is 0.239 e. The summed E-state index contributed by atoms with van der Waals surface area (Å²) in [5, 5.41) is 21.8. The summed E-state index contributed by atoms with van der Waals surface area (Å²) < 4.78 is 1.95. The molecule has 4 rings (SSSR count). The van der Waals surface area contributed by atoms with E-state index in [2.05, 4.69) is 27.3 Å². The number of nitrogens with one attached hydrogen (secondary N) is 1. The molecule has 34 heavy (non-hydrogen) atoms. The number of benzene rings is 2. The maximum atomic E-state index is 13.1. The van der Waals surface area contributed by atoms with Gasteiger partial charge in [0.25, 0.3) is 0 Å². The Bertz CT molecular complexity index is 1250. The van der Waals surface area contributed by atoms with E-state index in [0.29, 0.717) is 16.9 Å². The number of carbonyl (C=O) groups is 1. The Kier molecular flexibility index (Phi) is 6.96. The summed E-state index contributed by atoms with van der Waals surface area (Å²) in [4.78, 5) is 17.5. The number of anilines is 2. The Morgan fingerprint density at radius 2 is 1.65 bits per heavy atom. The van der Waals surface area contributed by atoms with Gasteiger partial charge in [-0.05, 0) is 62.2 Å². The summed E-state index contributed by atoms with van der Waals surface area (Å²) in [7, 11) is 0. The summed E-state index contributed by atoms with van der Waals surface area (Å²) in [6.07, 6.45) is 0.940. The monoisotopic (exact) mass is 452 g/mol. The van der Waals surface area contributed by atoms with Gasteiger partial charge >= 0.3 is 0 Å². The molecule has 1 aliphatic rings. The van der Waals surface area contributed by atoms with Gasteiger partial charge in [-0.15, -0.1) is 0 Å². The van der Waals surface area contributed by atoms with E-state index in [1.807, 2.05) is 73.0 Å². The number of carbonyl (C=O) groups excluding carboxylic acids is 1. The number of para-hydroxylation sites is 1. The molecule has 7 heteroatoms. The third kappa shape index (κ3) is 4.80. The lowest BCUT2D eigenvalue weighted by molar-refractivity contribution is -0.117. The van der Waals surface area contributed by atoms with Gasteiger partial charge < -0.3 is 10.2 Å². The maximum absolute atomic E-state index is 13.1. The number of aromatic nitrogens is 1. The van der Waals surface area contributed by atoms with E-state index in [-0.39, 0.29) is 12.5 Å². The van der Waals surface area contributed by atoms with Crippen molar-refractivity contribution in [2.45, 2.75) is 20.3 Å². The molecule has 1 fully saturated rings. The number of nitrogens with zero attached hydrogens (tertiary/aromatic N) is 5. The normalized spacial score (nSPS) is 14.2. The van der Waals surface area contributed by atoms with E-state index < -0.39 is 0 Å². The van der Waals surface area contributed by atoms with Crippen LogP contribution in [0.3, 0.4) is 0 Å². The van der Waals surface area contributed by atoms with Gasteiger partial charge in [0.15, 0.2) is 0 Å². The van der Waals surface area contributed by atoms with Crippen LogP contribution in [0.2, 0.25) is 0 Å². The first-order chi connectivity index (χ1) is 16.5. The van der Waals surface area contributed by atoms with Gasteiger partial charge in [-0.1, -0.05) is 18.2 Å². The molecule has 1 N–H and O–H groups in total. The van der Waals surface area contributed by atoms with Gasteiger partial charge in [0, 0.05) is 43.2 Å². The molecule has 1 amide bonds. The van der Waals surface area contributed by atoms with Crippen molar-refractivity contribution in [3.63, 3.8) is 0 Å². The first-order valence-electron chi connectivity index (χ1n) is 11.5. The number of amides is 1. The molecule has 0 atom stereocenters. The standard InChI is InChI=1S/C27H28N6O/c1-20-21(2)33(24-7-4-3-5-8-24)27(25(20)18-29)30-26(34)19-31-13-6-14-32(16-15-31)23-11-9-22(17-28)10-12-23/h3-5,7-12H,6,13-16,19H2,1-2H3,(H,30,34). The second-order valence-electron chi connectivity index (χ2n) is 8.54. The Morgan fingerprint density at radius 1 is 0.912 bits per heavy atom. The predicted octanol–water partition coefficient (Wildman–Crippen LogP) is 3.99. The van der Waals surface area contributed by atoms with E-state index in [1.54, 1.807) is 0 Å². The van der Waals surface area contributed by atoms with Crippen LogP contribution in [0.5, 0.6) is 0 Å². The number of nitriles is 2. The molecule has 1 saturated heterocycles. The van der Waals surface area contributed by atoms with E-state index in [9.17, 15) is 10.1 Å². The van der Waals surface area contributed by atoms with Gasteiger partial charge in [0.05, 0.1) is 23.7 Å². The molecule has 0 spiro atoms. The van der Waals surface area contributed by atoms with Gasteiger partial charge in [-0.3, -0.25) is 14.3 Å². The minimum atomic E-state index is -0.127. The molecular weight excluding hydrogens is 424 g/mol. The topological polar surface area (TPSA) is 88.1 Å². The first-order valence-corrected chi connectivity index (χ1v) is 11.5. The highest BCUT2D eigenvalue weighted by molar-refractivity contribution is 5.93. The van der Waals surface area contributed by atoms with E-state index in [0.717, 1.165) is 55.2 Å². The zero-order valence-corrected chi connectivity index (χ0v) is 19.6. The summed E-state index contributed by atoms with van der Waals surface area (Å²) in [5.41, 5.74) is 4.96. The molecule has 2 heterocycles. The van der Waals surface area contributed by atoms with Crippen LogP contribution in [0.15, 0.2) is 54.6 Å². The lowest BCUT2D eigenvalue weighted by Crippen LogP contribution is -2.36. The molecule has 1 aromatic heterocycles. The fourth-order valence-corrected chi connectivity index (χ4v) is 4.47. The average Bonchev–Trinajstić information content (AvgIpc) is 2.99. The Hall–Kier alpha value is -4.07. The molecular formula is C27H28N6O. The highest BCUT2D eigenvalue weighted by Crippen LogP contribution is 2.30. The Labute approximate surface area is 200 Å². The van der Waals surface area contributed by atoms with E-state index in [1.165, 1.54) is 0 Å². The minimum absolute atomic E-state index is 0.127. The Balaban J connectivity index is 1.46. The zero-order chi connectivity index (χ0) is 24.1. The van der Waals surface area contributed by atoms with Crippen molar-refractivity contribution < 1.29 is 4.79 Å². The van der Waals surface area contributed by atoms with Crippen molar-refractivity contribution in [2.75, 3.05) is 42.9 Å². The second kappa shape index (κ2) is 10.2. The molecule has 172 valence electrons. The van der Waals surface area contributed by atoms with Gasteiger partial charge in [-0.2, -0.15) is 10.5 Å². The van der Waals surface area contributed by atoms with Crippen LogP contribution in [0, 0.1) is 36.5 Å². The number of rotatable bonds is 5. The third-order valence-corrected chi connectivity index (χ3v) is 6.41. The minimum Gasteiger partial charge on any atom is -0.370 e.